The summed E-state index contributed by atoms with van der Waals surface area (Å²) in [7, 11) is 2.11. The summed E-state index contributed by atoms with van der Waals surface area (Å²) in [4.78, 5) is 2.23. The van der Waals surface area contributed by atoms with Crippen molar-refractivity contribution < 1.29 is 0 Å². The number of halogens is 1. The Morgan fingerprint density at radius 1 is 1.19 bits per heavy atom. The minimum atomic E-state index is 0.695. The van der Waals surface area contributed by atoms with Crippen molar-refractivity contribution in [3.8, 4) is 0 Å². The molecule has 1 aliphatic rings. The molecule has 1 fully saturated rings. The van der Waals surface area contributed by atoms with Gasteiger partial charge in [-0.2, -0.15) is 0 Å². The maximum atomic E-state index is 6.18. The first-order chi connectivity index (χ1) is 10.1. The molecule has 0 aliphatic heterocycles. The van der Waals surface area contributed by atoms with Crippen molar-refractivity contribution in [1.82, 2.24) is 5.32 Å². The van der Waals surface area contributed by atoms with Crippen LogP contribution in [0.4, 0.5) is 11.4 Å². The Kier molecular flexibility index (Phi) is 4.18. The number of benzene rings is 2. The third-order valence-corrected chi connectivity index (χ3v) is 4.19. The van der Waals surface area contributed by atoms with Gasteiger partial charge in [0.15, 0.2) is 0 Å². The fraction of sp³-hybridized carbons (Fsp3) is 0.333. The minimum Gasteiger partial charge on any atom is -0.344 e. The summed E-state index contributed by atoms with van der Waals surface area (Å²) in [5, 5.41) is 4.37. The molecule has 0 amide bonds. The summed E-state index contributed by atoms with van der Waals surface area (Å²) >= 11 is 6.18. The molecule has 2 aromatic rings. The molecule has 0 heterocycles. The van der Waals surface area contributed by atoms with E-state index in [-0.39, 0.29) is 0 Å². The Morgan fingerprint density at radius 3 is 2.71 bits per heavy atom. The highest BCUT2D eigenvalue weighted by Gasteiger charge is 2.21. The second-order valence-corrected chi connectivity index (χ2v) is 6.26. The van der Waals surface area contributed by atoms with Crippen molar-refractivity contribution in [2.75, 3.05) is 11.9 Å². The zero-order valence-corrected chi connectivity index (χ0v) is 13.3. The van der Waals surface area contributed by atoms with Gasteiger partial charge in [0, 0.05) is 36.0 Å². The van der Waals surface area contributed by atoms with E-state index in [1.165, 1.54) is 35.3 Å². The van der Waals surface area contributed by atoms with E-state index in [0.29, 0.717) is 6.04 Å². The summed E-state index contributed by atoms with van der Waals surface area (Å²) in [6.07, 6.45) is 2.59. The normalized spacial score (nSPS) is 14.2. The van der Waals surface area contributed by atoms with E-state index in [1.807, 2.05) is 6.07 Å². The van der Waals surface area contributed by atoms with Crippen molar-refractivity contribution in [1.29, 1.82) is 0 Å². The average Bonchev–Trinajstić information content (AvgIpc) is 3.29. The summed E-state index contributed by atoms with van der Waals surface area (Å²) in [6.45, 7) is 2.99. The van der Waals surface area contributed by atoms with E-state index in [9.17, 15) is 0 Å². The molecule has 1 saturated carbocycles. The van der Waals surface area contributed by atoms with Crippen LogP contribution in [-0.4, -0.2) is 13.1 Å². The molecule has 0 unspecified atom stereocenters. The Balaban J connectivity index is 1.88. The van der Waals surface area contributed by atoms with Crippen LogP contribution in [0.1, 0.15) is 24.0 Å². The number of hydrogen-bond donors (Lipinski definition) is 1. The average molecular weight is 301 g/mol. The summed E-state index contributed by atoms with van der Waals surface area (Å²) in [5.41, 5.74) is 4.92. The molecular weight excluding hydrogens is 280 g/mol. The first-order valence-electron chi connectivity index (χ1n) is 7.46. The van der Waals surface area contributed by atoms with Gasteiger partial charge in [0.2, 0.25) is 0 Å². The van der Waals surface area contributed by atoms with Crippen molar-refractivity contribution in [2.24, 2.45) is 0 Å². The Bertz CT molecular complexity index is 635. The van der Waals surface area contributed by atoms with Gasteiger partial charge in [-0.15, -0.1) is 0 Å². The van der Waals surface area contributed by atoms with E-state index in [0.717, 1.165) is 11.6 Å². The van der Waals surface area contributed by atoms with E-state index in [1.54, 1.807) is 0 Å². The molecular formula is C18H21ClN2. The molecule has 21 heavy (non-hydrogen) atoms. The smallest absolute Gasteiger partial charge is 0.0454 e. The third-order valence-electron chi connectivity index (χ3n) is 3.95. The molecule has 2 nitrogen and oxygen atoms in total. The number of rotatable bonds is 5. The van der Waals surface area contributed by atoms with Gasteiger partial charge >= 0.3 is 0 Å². The van der Waals surface area contributed by atoms with Gasteiger partial charge in [0.25, 0.3) is 0 Å². The number of nitrogens with zero attached hydrogens (tertiary/aromatic N) is 1. The molecule has 0 bridgehead atoms. The number of nitrogens with one attached hydrogen (secondary N) is 1. The van der Waals surface area contributed by atoms with Gasteiger partial charge in [-0.1, -0.05) is 23.7 Å². The molecule has 1 N–H and O–H groups in total. The Hall–Kier alpha value is -1.51. The maximum Gasteiger partial charge on any atom is 0.0454 e. The quantitative estimate of drug-likeness (QED) is 0.863. The van der Waals surface area contributed by atoms with Gasteiger partial charge in [-0.3, -0.25) is 0 Å². The van der Waals surface area contributed by atoms with Gasteiger partial charge < -0.3 is 10.2 Å². The Morgan fingerprint density at radius 2 is 2.00 bits per heavy atom. The lowest BCUT2D eigenvalue weighted by molar-refractivity contribution is 0.687. The SMILES string of the molecule is Cc1cccc(N(C)c2ccc(Cl)cc2CNC2CC2)c1. The Labute approximate surface area is 131 Å². The summed E-state index contributed by atoms with van der Waals surface area (Å²) in [5.74, 6) is 0. The first kappa shape index (κ1) is 14.4. The van der Waals surface area contributed by atoms with Crippen LogP contribution < -0.4 is 10.2 Å². The highest BCUT2D eigenvalue weighted by atomic mass is 35.5. The van der Waals surface area contributed by atoms with E-state index >= 15 is 0 Å². The third kappa shape index (κ3) is 3.58. The molecule has 0 spiro atoms. The van der Waals surface area contributed by atoms with Crippen LogP contribution in [0, 0.1) is 6.92 Å². The predicted octanol–water partition coefficient (Wildman–Crippen LogP) is 4.67. The molecule has 0 radical (unpaired) electrons. The molecule has 0 aromatic heterocycles. The van der Waals surface area contributed by atoms with Crippen molar-refractivity contribution >= 4 is 23.0 Å². The van der Waals surface area contributed by atoms with Gasteiger partial charge in [-0.25, -0.2) is 0 Å². The topological polar surface area (TPSA) is 15.3 Å². The second-order valence-electron chi connectivity index (χ2n) is 5.83. The zero-order valence-electron chi connectivity index (χ0n) is 12.6. The standard InChI is InChI=1S/C18H21ClN2/c1-13-4-3-5-17(10-13)21(2)18-9-6-15(19)11-14(18)12-20-16-7-8-16/h3-6,9-11,16,20H,7-8,12H2,1-2H3. The number of hydrogen-bond acceptors (Lipinski definition) is 2. The molecule has 0 atom stereocenters. The fourth-order valence-corrected chi connectivity index (χ4v) is 2.74. The molecule has 3 heteroatoms. The maximum absolute atomic E-state index is 6.18. The van der Waals surface area contributed by atoms with Crippen LogP contribution in [0.25, 0.3) is 0 Å². The van der Waals surface area contributed by atoms with E-state index < -0.39 is 0 Å². The number of aryl methyl sites for hydroxylation is 1. The second kappa shape index (κ2) is 6.08. The lowest BCUT2D eigenvalue weighted by atomic mass is 10.1. The first-order valence-corrected chi connectivity index (χ1v) is 7.83. The van der Waals surface area contributed by atoms with Crippen LogP contribution in [0.3, 0.4) is 0 Å². The molecule has 3 rings (SSSR count). The van der Waals surface area contributed by atoms with Crippen LogP contribution in [0.15, 0.2) is 42.5 Å². The lowest BCUT2D eigenvalue weighted by Gasteiger charge is -2.23. The van der Waals surface area contributed by atoms with Crippen LogP contribution in [0.2, 0.25) is 5.02 Å². The van der Waals surface area contributed by atoms with Crippen molar-refractivity contribution in [3.63, 3.8) is 0 Å². The molecule has 1 aliphatic carbocycles. The van der Waals surface area contributed by atoms with Crippen LogP contribution in [-0.2, 0) is 6.54 Å². The highest BCUT2D eigenvalue weighted by Crippen LogP contribution is 2.30. The largest absolute Gasteiger partial charge is 0.344 e. The zero-order chi connectivity index (χ0) is 14.8. The van der Waals surface area contributed by atoms with E-state index in [2.05, 4.69) is 60.6 Å². The van der Waals surface area contributed by atoms with Gasteiger partial charge in [-0.05, 0) is 61.2 Å². The van der Waals surface area contributed by atoms with E-state index in [4.69, 9.17) is 11.6 Å². The molecule has 110 valence electrons. The van der Waals surface area contributed by atoms with Gasteiger partial charge in [0.05, 0.1) is 0 Å². The number of anilines is 2. The fourth-order valence-electron chi connectivity index (χ4n) is 2.54. The monoisotopic (exact) mass is 300 g/mol. The minimum absolute atomic E-state index is 0.695. The highest BCUT2D eigenvalue weighted by molar-refractivity contribution is 6.30. The summed E-state index contributed by atoms with van der Waals surface area (Å²) < 4.78 is 0. The lowest BCUT2D eigenvalue weighted by Crippen LogP contribution is -2.19. The predicted molar refractivity (Wildman–Crippen MR) is 90.6 cm³/mol. The molecule has 0 saturated heterocycles. The van der Waals surface area contributed by atoms with Crippen LogP contribution >= 0.6 is 11.6 Å². The van der Waals surface area contributed by atoms with Crippen molar-refractivity contribution in [3.05, 3.63) is 58.6 Å². The van der Waals surface area contributed by atoms with Crippen molar-refractivity contribution in [2.45, 2.75) is 32.4 Å². The summed E-state index contributed by atoms with van der Waals surface area (Å²) in [6, 6.07) is 15.4. The van der Waals surface area contributed by atoms with Gasteiger partial charge in [0.1, 0.15) is 0 Å². The molecule has 2 aromatic carbocycles. The van der Waals surface area contributed by atoms with Crippen LogP contribution in [0.5, 0.6) is 0 Å².